The third kappa shape index (κ3) is 3.05. The van der Waals surface area contributed by atoms with Crippen LogP contribution in [0.4, 0.5) is 0 Å². The van der Waals surface area contributed by atoms with Crippen LogP contribution in [0, 0.1) is 0 Å². The molecule has 0 spiro atoms. The summed E-state index contributed by atoms with van der Waals surface area (Å²) in [5.74, 6) is 6.17. The lowest BCUT2D eigenvalue weighted by Gasteiger charge is -2.20. The fourth-order valence-electron chi connectivity index (χ4n) is 0.951. The highest BCUT2D eigenvalue weighted by molar-refractivity contribution is 5.21. The summed E-state index contributed by atoms with van der Waals surface area (Å²) in [5, 5.41) is 0. The Morgan fingerprint density at radius 3 is 2.38 bits per heavy atom. The molecule has 1 rings (SSSR count). The van der Waals surface area contributed by atoms with Crippen molar-refractivity contribution in [3.8, 4) is 5.75 Å². The second kappa shape index (κ2) is 4.84. The minimum absolute atomic E-state index is 0.0624. The van der Waals surface area contributed by atoms with Crippen molar-refractivity contribution in [2.24, 2.45) is 5.84 Å². The summed E-state index contributed by atoms with van der Waals surface area (Å²) >= 11 is 0. The number of hydrogen-bond acceptors (Lipinski definition) is 3. The van der Waals surface area contributed by atoms with Crippen molar-refractivity contribution in [2.45, 2.75) is 26.0 Å². The number of nitrogens with one attached hydrogen (secondary N) is 1. The van der Waals surface area contributed by atoms with E-state index in [1.807, 2.05) is 44.2 Å². The summed E-state index contributed by atoms with van der Waals surface area (Å²) in [6.07, 6.45) is 0.0624. The van der Waals surface area contributed by atoms with Crippen molar-refractivity contribution >= 4 is 0 Å². The van der Waals surface area contributed by atoms with Gasteiger partial charge in [0.25, 0.3) is 0 Å². The summed E-state index contributed by atoms with van der Waals surface area (Å²) in [7, 11) is 0. The first kappa shape index (κ1) is 10.0. The van der Waals surface area contributed by atoms with E-state index in [-0.39, 0.29) is 12.1 Å². The average Bonchev–Trinajstić information content (AvgIpc) is 2.18. The third-order valence-corrected chi connectivity index (χ3v) is 2.03. The molecule has 0 heterocycles. The molecular weight excluding hydrogens is 164 g/mol. The quantitative estimate of drug-likeness (QED) is 0.542. The van der Waals surface area contributed by atoms with Crippen molar-refractivity contribution in [3.63, 3.8) is 0 Å². The molecule has 0 aliphatic rings. The number of nitrogens with two attached hydrogens (primary N) is 1. The summed E-state index contributed by atoms with van der Waals surface area (Å²) < 4.78 is 5.62. The summed E-state index contributed by atoms with van der Waals surface area (Å²) in [5.41, 5.74) is 2.66. The zero-order valence-electron chi connectivity index (χ0n) is 8.03. The van der Waals surface area contributed by atoms with Gasteiger partial charge in [-0.25, -0.2) is 0 Å². The van der Waals surface area contributed by atoms with E-state index < -0.39 is 0 Å². The van der Waals surface area contributed by atoms with Gasteiger partial charge in [-0.05, 0) is 26.0 Å². The molecule has 1 aromatic rings. The molecule has 13 heavy (non-hydrogen) atoms. The highest BCUT2D eigenvalue weighted by Crippen LogP contribution is 2.11. The summed E-state index contributed by atoms with van der Waals surface area (Å²) in [6, 6.07) is 9.85. The molecule has 0 saturated carbocycles. The second-order valence-corrected chi connectivity index (χ2v) is 3.09. The minimum Gasteiger partial charge on any atom is -0.489 e. The van der Waals surface area contributed by atoms with Crippen LogP contribution >= 0.6 is 0 Å². The summed E-state index contributed by atoms with van der Waals surface area (Å²) in [4.78, 5) is 0. The topological polar surface area (TPSA) is 47.3 Å². The van der Waals surface area contributed by atoms with E-state index >= 15 is 0 Å². The Morgan fingerprint density at radius 1 is 1.23 bits per heavy atom. The fraction of sp³-hybridized carbons (Fsp3) is 0.400. The molecule has 72 valence electrons. The molecule has 0 radical (unpaired) electrons. The zero-order valence-corrected chi connectivity index (χ0v) is 8.03. The van der Waals surface area contributed by atoms with Gasteiger partial charge in [0.05, 0.1) is 6.04 Å². The van der Waals surface area contributed by atoms with Gasteiger partial charge in [0, 0.05) is 0 Å². The fourth-order valence-corrected chi connectivity index (χ4v) is 0.951. The van der Waals surface area contributed by atoms with Gasteiger partial charge in [-0.1, -0.05) is 18.2 Å². The Hall–Kier alpha value is -1.06. The van der Waals surface area contributed by atoms with E-state index in [2.05, 4.69) is 5.43 Å². The number of para-hydroxylation sites is 1. The van der Waals surface area contributed by atoms with Gasteiger partial charge in [0.2, 0.25) is 0 Å². The van der Waals surface area contributed by atoms with Crippen molar-refractivity contribution in [1.82, 2.24) is 5.43 Å². The number of hydrogen-bond donors (Lipinski definition) is 2. The maximum Gasteiger partial charge on any atom is 0.119 e. The van der Waals surface area contributed by atoms with E-state index in [1.165, 1.54) is 0 Å². The average molecular weight is 180 g/mol. The number of ether oxygens (including phenoxy) is 1. The van der Waals surface area contributed by atoms with Gasteiger partial charge in [-0.15, -0.1) is 0 Å². The van der Waals surface area contributed by atoms with Gasteiger partial charge >= 0.3 is 0 Å². The maximum atomic E-state index is 5.62. The lowest BCUT2D eigenvalue weighted by Crippen LogP contribution is -2.42. The Labute approximate surface area is 78.9 Å². The zero-order chi connectivity index (χ0) is 9.68. The van der Waals surface area contributed by atoms with Crippen LogP contribution in [0.3, 0.4) is 0 Å². The molecule has 2 atom stereocenters. The van der Waals surface area contributed by atoms with Crippen molar-refractivity contribution < 1.29 is 4.74 Å². The molecule has 3 heteroatoms. The van der Waals surface area contributed by atoms with Crippen LogP contribution in [-0.4, -0.2) is 12.1 Å². The van der Waals surface area contributed by atoms with Gasteiger partial charge < -0.3 is 4.74 Å². The van der Waals surface area contributed by atoms with E-state index in [0.717, 1.165) is 5.75 Å². The predicted octanol–water partition coefficient (Wildman–Crippen LogP) is 1.31. The lowest BCUT2D eigenvalue weighted by atomic mass is 10.2. The molecule has 0 saturated heterocycles. The van der Waals surface area contributed by atoms with Crippen molar-refractivity contribution in [3.05, 3.63) is 30.3 Å². The van der Waals surface area contributed by atoms with Crippen LogP contribution in [0.5, 0.6) is 5.75 Å². The van der Waals surface area contributed by atoms with Crippen LogP contribution in [-0.2, 0) is 0 Å². The first-order valence-corrected chi connectivity index (χ1v) is 4.42. The lowest BCUT2D eigenvalue weighted by molar-refractivity contribution is 0.178. The SMILES string of the molecule is C[C@H](NN)[C@@H](C)Oc1ccccc1. The van der Waals surface area contributed by atoms with Crippen molar-refractivity contribution in [1.29, 1.82) is 0 Å². The molecule has 0 fully saturated rings. The Morgan fingerprint density at radius 2 is 1.85 bits per heavy atom. The van der Waals surface area contributed by atoms with Crippen molar-refractivity contribution in [2.75, 3.05) is 0 Å². The van der Waals surface area contributed by atoms with Crippen LogP contribution in [0.1, 0.15) is 13.8 Å². The number of rotatable bonds is 4. The Balaban J connectivity index is 2.50. The first-order chi connectivity index (χ1) is 6.24. The van der Waals surface area contributed by atoms with E-state index in [1.54, 1.807) is 0 Å². The van der Waals surface area contributed by atoms with Crippen LogP contribution in [0.25, 0.3) is 0 Å². The standard InChI is InChI=1S/C10H16N2O/c1-8(12-11)9(2)13-10-6-4-3-5-7-10/h3-9,12H,11H2,1-2H3/t8-,9+/m0/s1. The second-order valence-electron chi connectivity index (χ2n) is 3.09. The summed E-state index contributed by atoms with van der Waals surface area (Å²) in [6.45, 7) is 3.96. The molecule has 0 unspecified atom stereocenters. The molecule has 0 aliphatic carbocycles. The molecule has 3 N–H and O–H groups in total. The van der Waals surface area contributed by atoms with E-state index in [9.17, 15) is 0 Å². The number of benzene rings is 1. The monoisotopic (exact) mass is 180 g/mol. The third-order valence-electron chi connectivity index (χ3n) is 2.03. The predicted molar refractivity (Wildman–Crippen MR) is 53.3 cm³/mol. The Bertz CT molecular complexity index is 238. The molecular formula is C10H16N2O. The molecule has 1 aromatic carbocycles. The molecule has 0 amide bonds. The van der Waals surface area contributed by atoms with E-state index in [4.69, 9.17) is 10.6 Å². The molecule has 0 aliphatic heterocycles. The molecule has 3 nitrogen and oxygen atoms in total. The minimum atomic E-state index is 0.0624. The number of hydrazine groups is 1. The Kier molecular flexibility index (Phi) is 3.73. The normalized spacial score (nSPS) is 15.0. The van der Waals surface area contributed by atoms with Crippen LogP contribution < -0.4 is 16.0 Å². The van der Waals surface area contributed by atoms with Crippen LogP contribution in [0.2, 0.25) is 0 Å². The molecule has 0 bridgehead atoms. The van der Waals surface area contributed by atoms with Crippen LogP contribution in [0.15, 0.2) is 30.3 Å². The smallest absolute Gasteiger partial charge is 0.119 e. The van der Waals surface area contributed by atoms with Gasteiger partial charge in [0.15, 0.2) is 0 Å². The van der Waals surface area contributed by atoms with E-state index in [0.29, 0.717) is 0 Å². The molecule has 0 aromatic heterocycles. The highest BCUT2D eigenvalue weighted by atomic mass is 16.5. The van der Waals surface area contributed by atoms with Gasteiger partial charge in [0.1, 0.15) is 11.9 Å². The maximum absolute atomic E-state index is 5.62. The largest absolute Gasteiger partial charge is 0.489 e. The van der Waals surface area contributed by atoms with Gasteiger partial charge in [-0.2, -0.15) is 0 Å². The first-order valence-electron chi connectivity index (χ1n) is 4.42. The van der Waals surface area contributed by atoms with Gasteiger partial charge in [-0.3, -0.25) is 11.3 Å². The highest BCUT2D eigenvalue weighted by Gasteiger charge is 2.10.